The van der Waals surface area contributed by atoms with Crippen LogP contribution >= 0.6 is 0 Å². The first kappa shape index (κ1) is 25.7. The van der Waals surface area contributed by atoms with Gasteiger partial charge in [-0.25, -0.2) is 0 Å². The van der Waals surface area contributed by atoms with Crippen molar-refractivity contribution in [1.29, 1.82) is 0 Å². The highest BCUT2D eigenvalue weighted by atomic mass is 16.5. The summed E-state index contributed by atoms with van der Waals surface area (Å²) in [5, 5.41) is 0.854. The van der Waals surface area contributed by atoms with Gasteiger partial charge in [0.25, 0.3) is 0 Å². The molecule has 1 aliphatic carbocycles. The highest BCUT2D eigenvalue weighted by molar-refractivity contribution is 5.82. The van der Waals surface area contributed by atoms with Crippen molar-refractivity contribution in [2.75, 3.05) is 12.8 Å². The van der Waals surface area contributed by atoms with Crippen molar-refractivity contribution in [3.05, 3.63) is 47.7 Å². The van der Waals surface area contributed by atoms with Crippen LogP contribution in [0, 0.1) is 0 Å². The number of rotatable bonds is 5. The van der Waals surface area contributed by atoms with Gasteiger partial charge in [0.15, 0.2) is 0 Å². The molecule has 0 unspecified atom stereocenters. The first-order valence-electron chi connectivity index (χ1n) is 12.0. The summed E-state index contributed by atoms with van der Waals surface area (Å²) in [5.41, 5.74) is 8.69. The summed E-state index contributed by atoms with van der Waals surface area (Å²) in [6.45, 7) is 5.03. The lowest BCUT2D eigenvalue weighted by atomic mass is 10.0. The molecule has 2 N–H and O–H groups in total. The molecule has 2 heterocycles. The molecule has 2 aromatic heterocycles. The number of nitrogen functional groups attached to an aromatic ring is 1. The van der Waals surface area contributed by atoms with Crippen molar-refractivity contribution in [2.24, 2.45) is 7.05 Å². The Bertz CT molecular complexity index is 882. The number of ether oxygens (including phenoxy) is 2. The minimum Gasteiger partial charge on any atom is -0.472 e. The number of benzene rings is 1. The molecule has 0 saturated heterocycles. The Labute approximate surface area is 193 Å². The zero-order chi connectivity index (χ0) is 23.2. The largest absolute Gasteiger partial charge is 0.472 e. The van der Waals surface area contributed by atoms with Gasteiger partial charge < -0.3 is 19.8 Å². The number of anilines is 1. The second kappa shape index (κ2) is 14.5. The molecular weight excluding hydrogens is 400 g/mol. The van der Waals surface area contributed by atoms with Crippen LogP contribution in [0.25, 0.3) is 11.0 Å². The zero-order valence-corrected chi connectivity index (χ0v) is 20.3. The van der Waals surface area contributed by atoms with Gasteiger partial charge >= 0.3 is 0 Å². The Morgan fingerprint density at radius 2 is 1.31 bits per heavy atom. The topological polar surface area (TPSA) is 75.2 Å². The normalized spacial score (nSPS) is 13.8. The maximum atomic E-state index is 5.82. The van der Waals surface area contributed by atoms with Gasteiger partial charge in [-0.05, 0) is 17.2 Å². The summed E-state index contributed by atoms with van der Waals surface area (Å²) in [5.74, 6) is 0.712. The number of fused-ring (bicyclic) bond motifs is 1. The van der Waals surface area contributed by atoms with Gasteiger partial charge in [-0.1, -0.05) is 89.5 Å². The van der Waals surface area contributed by atoms with Crippen LogP contribution in [0.15, 0.2) is 36.5 Å². The third-order valence-electron chi connectivity index (χ3n) is 5.42. The van der Waals surface area contributed by atoms with Crippen molar-refractivity contribution in [1.82, 2.24) is 14.5 Å². The summed E-state index contributed by atoms with van der Waals surface area (Å²) in [6, 6.07) is 10.00. The molecule has 0 radical (unpaired) electrons. The van der Waals surface area contributed by atoms with Gasteiger partial charge in [0.2, 0.25) is 11.8 Å². The van der Waals surface area contributed by atoms with Crippen LogP contribution < -0.4 is 10.5 Å². The van der Waals surface area contributed by atoms with Crippen LogP contribution in [-0.4, -0.2) is 21.6 Å². The molecule has 1 aliphatic rings. The molecule has 0 bridgehead atoms. The van der Waals surface area contributed by atoms with Gasteiger partial charge in [0, 0.05) is 20.4 Å². The van der Waals surface area contributed by atoms with Crippen molar-refractivity contribution in [3.63, 3.8) is 0 Å². The van der Waals surface area contributed by atoms with Crippen LogP contribution in [-0.2, 0) is 25.0 Å². The number of aromatic nitrogens is 3. The number of nitrogens with two attached hydrogens (primary N) is 1. The van der Waals surface area contributed by atoms with E-state index >= 15 is 0 Å². The monoisotopic (exact) mass is 440 g/mol. The van der Waals surface area contributed by atoms with Gasteiger partial charge in [-0.15, -0.1) is 0 Å². The van der Waals surface area contributed by atoms with Crippen LogP contribution in [0.3, 0.4) is 0 Å². The van der Waals surface area contributed by atoms with E-state index in [1.165, 1.54) is 51.4 Å². The van der Waals surface area contributed by atoms with Crippen molar-refractivity contribution in [3.8, 4) is 5.88 Å². The lowest BCUT2D eigenvalue weighted by molar-refractivity contribution is 0.185. The second-order valence-electron chi connectivity index (χ2n) is 7.92. The number of hydrogen-bond acceptors (Lipinski definition) is 5. The molecule has 1 saturated carbocycles. The molecular formula is C26H40N4O2. The molecule has 0 amide bonds. The summed E-state index contributed by atoms with van der Waals surface area (Å²) >= 11 is 0. The standard InChI is InChI=1S/C16H18N4O2.C8H16.C2H6/c1-20-8-7-13-14(20)18-16(17)19-15(13)22-10-12-5-3-11(4-6-12)9-21-2;1-2-4-6-8-7-5-3-1;1-2/h3-8H,9-10H2,1-2H3,(H2,17,18,19);1-8H2;1-2H3. The third kappa shape index (κ3) is 8.15. The fourth-order valence-corrected chi connectivity index (χ4v) is 3.70. The Hall–Kier alpha value is -2.60. The van der Waals surface area contributed by atoms with E-state index in [1.54, 1.807) is 7.11 Å². The van der Waals surface area contributed by atoms with Crippen LogP contribution in [0.2, 0.25) is 0 Å². The molecule has 6 nitrogen and oxygen atoms in total. The average Bonchev–Trinajstić information content (AvgIpc) is 3.15. The summed E-state index contributed by atoms with van der Waals surface area (Å²) in [6.07, 6.45) is 13.9. The van der Waals surface area contributed by atoms with Gasteiger partial charge in [-0.3, -0.25) is 0 Å². The number of aryl methyl sites for hydroxylation is 1. The van der Waals surface area contributed by atoms with Crippen LogP contribution in [0.4, 0.5) is 5.95 Å². The Morgan fingerprint density at radius 1 is 0.812 bits per heavy atom. The van der Waals surface area contributed by atoms with E-state index in [4.69, 9.17) is 15.2 Å². The maximum absolute atomic E-state index is 5.82. The number of hydrogen-bond donors (Lipinski definition) is 1. The van der Waals surface area contributed by atoms with Crippen LogP contribution in [0.1, 0.15) is 76.3 Å². The molecule has 32 heavy (non-hydrogen) atoms. The number of nitrogens with zero attached hydrogens (tertiary/aromatic N) is 3. The second-order valence-corrected chi connectivity index (χ2v) is 7.92. The fourth-order valence-electron chi connectivity index (χ4n) is 3.70. The Balaban J connectivity index is 0.000000304. The average molecular weight is 441 g/mol. The van der Waals surface area contributed by atoms with E-state index in [2.05, 4.69) is 9.97 Å². The van der Waals surface area contributed by atoms with E-state index < -0.39 is 0 Å². The molecule has 0 aliphatic heterocycles. The minimum atomic E-state index is 0.208. The molecule has 6 heteroatoms. The molecule has 1 fully saturated rings. The van der Waals surface area contributed by atoms with Crippen molar-refractivity contribution < 1.29 is 9.47 Å². The van der Waals surface area contributed by atoms with Crippen molar-refractivity contribution >= 4 is 17.0 Å². The zero-order valence-electron chi connectivity index (χ0n) is 20.3. The number of methoxy groups -OCH3 is 1. The summed E-state index contributed by atoms with van der Waals surface area (Å²) in [7, 11) is 3.59. The van der Waals surface area contributed by atoms with Crippen LogP contribution in [0.5, 0.6) is 5.88 Å². The van der Waals surface area contributed by atoms with E-state index in [1.807, 2.05) is 62.0 Å². The smallest absolute Gasteiger partial charge is 0.228 e. The third-order valence-corrected chi connectivity index (χ3v) is 5.42. The molecule has 176 valence electrons. The molecule has 1 aromatic carbocycles. The molecule has 3 aromatic rings. The SMILES string of the molecule is C1CCCCCCC1.CC.COCc1ccc(COc2nc(N)nc3c2ccn3C)cc1. The van der Waals surface area contributed by atoms with Crippen molar-refractivity contribution in [2.45, 2.75) is 78.4 Å². The quantitative estimate of drug-likeness (QED) is 0.495. The minimum absolute atomic E-state index is 0.208. The highest BCUT2D eigenvalue weighted by Gasteiger charge is 2.10. The predicted octanol–water partition coefficient (Wildman–Crippen LogP) is 6.42. The first-order chi connectivity index (χ1) is 15.7. The fraction of sp³-hybridized carbons (Fsp3) is 0.538. The van der Waals surface area contributed by atoms with E-state index in [0.717, 1.165) is 22.2 Å². The molecule has 4 rings (SSSR count). The molecule has 0 atom stereocenters. The molecule has 0 spiro atoms. The van der Waals surface area contributed by atoms with Gasteiger partial charge in [0.05, 0.1) is 12.0 Å². The summed E-state index contributed by atoms with van der Waals surface area (Å²) in [4.78, 5) is 8.41. The lowest BCUT2D eigenvalue weighted by Gasteiger charge is -2.08. The first-order valence-corrected chi connectivity index (χ1v) is 12.0. The van der Waals surface area contributed by atoms with Gasteiger partial charge in [0.1, 0.15) is 12.3 Å². The van der Waals surface area contributed by atoms with Gasteiger partial charge in [-0.2, -0.15) is 9.97 Å². The Kier molecular flexibility index (Phi) is 11.6. The summed E-state index contributed by atoms with van der Waals surface area (Å²) < 4.78 is 12.8. The Morgan fingerprint density at radius 3 is 1.81 bits per heavy atom. The van der Waals surface area contributed by atoms with E-state index in [-0.39, 0.29) is 5.95 Å². The van der Waals surface area contributed by atoms with E-state index in [9.17, 15) is 0 Å². The highest BCUT2D eigenvalue weighted by Crippen LogP contribution is 2.24. The predicted molar refractivity (Wildman–Crippen MR) is 133 cm³/mol. The van der Waals surface area contributed by atoms with E-state index in [0.29, 0.717) is 19.1 Å². The maximum Gasteiger partial charge on any atom is 0.228 e. The lowest BCUT2D eigenvalue weighted by Crippen LogP contribution is -2.03.